The fourth-order valence-corrected chi connectivity index (χ4v) is 2.92. The summed E-state index contributed by atoms with van der Waals surface area (Å²) in [5.41, 5.74) is 1.94. The quantitative estimate of drug-likeness (QED) is 0.774. The number of aromatic amines is 1. The second-order valence-corrected chi connectivity index (χ2v) is 5.62. The van der Waals surface area contributed by atoms with Crippen molar-refractivity contribution >= 4 is 10.9 Å². The van der Waals surface area contributed by atoms with Crippen molar-refractivity contribution in [1.29, 1.82) is 0 Å². The summed E-state index contributed by atoms with van der Waals surface area (Å²) in [6.45, 7) is 2.21. The van der Waals surface area contributed by atoms with Crippen molar-refractivity contribution in [2.45, 2.75) is 19.1 Å². The lowest BCUT2D eigenvalue weighted by Gasteiger charge is -2.34. The number of benzene rings is 1. The molecule has 3 rings (SSSR count). The van der Waals surface area contributed by atoms with Gasteiger partial charge in [0.1, 0.15) is 5.75 Å². The predicted octanol–water partition coefficient (Wildman–Crippen LogP) is 0.747. The van der Waals surface area contributed by atoms with Gasteiger partial charge in [0.2, 0.25) is 0 Å². The molecule has 0 aliphatic carbocycles. The van der Waals surface area contributed by atoms with Gasteiger partial charge in [-0.3, -0.25) is 10.00 Å². The SMILES string of the molecule is COc1ccc2n[nH]c(CN3CC[C@@H](CO)[C@@H](O)C3)c2c1. The number of nitrogens with one attached hydrogen (secondary N) is 1. The molecule has 1 saturated heterocycles. The van der Waals surface area contributed by atoms with E-state index in [9.17, 15) is 10.2 Å². The Kier molecular flexibility index (Phi) is 4.10. The van der Waals surface area contributed by atoms with Gasteiger partial charge in [-0.1, -0.05) is 0 Å². The van der Waals surface area contributed by atoms with Gasteiger partial charge in [0.25, 0.3) is 0 Å². The van der Waals surface area contributed by atoms with Crippen molar-refractivity contribution in [2.24, 2.45) is 5.92 Å². The molecule has 1 aromatic heterocycles. The molecule has 2 aromatic rings. The van der Waals surface area contributed by atoms with Crippen LogP contribution >= 0.6 is 0 Å². The van der Waals surface area contributed by atoms with Crippen molar-refractivity contribution in [3.05, 3.63) is 23.9 Å². The number of rotatable bonds is 4. The molecule has 1 aliphatic rings. The monoisotopic (exact) mass is 291 g/mol. The maximum Gasteiger partial charge on any atom is 0.119 e. The Morgan fingerprint density at radius 1 is 1.48 bits per heavy atom. The van der Waals surface area contributed by atoms with Crippen LogP contribution < -0.4 is 4.74 Å². The van der Waals surface area contributed by atoms with Crippen LogP contribution in [0.5, 0.6) is 5.75 Å². The summed E-state index contributed by atoms with van der Waals surface area (Å²) in [7, 11) is 1.65. The first kappa shape index (κ1) is 14.3. The summed E-state index contributed by atoms with van der Waals surface area (Å²) in [6, 6.07) is 5.80. The van der Waals surface area contributed by atoms with Crippen molar-refractivity contribution in [3.63, 3.8) is 0 Å². The smallest absolute Gasteiger partial charge is 0.119 e. The molecule has 0 amide bonds. The Morgan fingerprint density at radius 2 is 2.33 bits per heavy atom. The number of piperidine rings is 1. The molecule has 3 N–H and O–H groups in total. The number of methoxy groups -OCH3 is 1. The van der Waals surface area contributed by atoms with Gasteiger partial charge in [-0.25, -0.2) is 0 Å². The fraction of sp³-hybridized carbons (Fsp3) is 0.533. The molecular weight excluding hydrogens is 270 g/mol. The van der Waals surface area contributed by atoms with E-state index in [-0.39, 0.29) is 12.5 Å². The van der Waals surface area contributed by atoms with Gasteiger partial charge in [0.15, 0.2) is 0 Å². The molecule has 0 bridgehead atoms. The Bertz CT molecular complexity index is 613. The van der Waals surface area contributed by atoms with E-state index in [1.165, 1.54) is 0 Å². The third-order valence-electron chi connectivity index (χ3n) is 4.26. The minimum Gasteiger partial charge on any atom is -0.497 e. The van der Waals surface area contributed by atoms with Crippen molar-refractivity contribution in [2.75, 3.05) is 26.8 Å². The number of hydrogen-bond donors (Lipinski definition) is 3. The van der Waals surface area contributed by atoms with Crippen molar-refractivity contribution < 1.29 is 14.9 Å². The Hall–Kier alpha value is -1.63. The minimum atomic E-state index is -0.465. The lowest BCUT2D eigenvalue weighted by molar-refractivity contribution is -0.00468. The zero-order valence-electron chi connectivity index (χ0n) is 12.1. The van der Waals surface area contributed by atoms with Crippen LogP contribution in [0, 0.1) is 5.92 Å². The van der Waals surface area contributed by atoms with Gasteiger partial charge < -0.3 is 14.9 Å². The number of ether oxygens (including phenoxy) is 1. The van der Waals surface area contributed by atoms with Crippen LogP contribution in [0.4, 0.5) is 0 Å². The van der Waals surface area contributed by atoms with E-state index in [1.807, 2.05) is 18.2 Å². The zero-order valence-corrected chi connectivity index (χ0v) is 12.1. The number of aliphatic hydroxyl groups excluding tert-OH is 2. The third kappa shape index (κ3) is 2.88. The molecule has 0 radical (unpaired) electrons. The highest BCUT2D eigenvalue weighted by atomic mass is 16.5. The summed E-state index contributed by atoms with van der Waals surface area (Å²) in [4.78, 5) is 2.18. The molecule has 0 unspecified atom stereocenters. The molecule has 2 atom stereocenters. The van der Waals surface area contributed by atoms with Gasteiger partial charge in [0.05, 0.1) is 24.4 Å². The summed E-state index contributed by atoms with van der Waals surface area (Å²) in [5, 5.41) is 27.6. The molecule has 2 heterocycles. The van der Waals surface area contributed by atoms with Gasteiger partial charge in [0, 0.05) is 31.0 Å². The van der Waals surface area contributed by atoms with Crippen LogP contribution in [0.1, 0.15) is 12.1 Å². The van der Waals surface area contributed by atoms with E-state index < -0.39 is 6.10 Å². The third-order valence-corrected chi connectivity index (χ3v) is 4.26. The van der Waals surface area contributed by atoms with Crippen LogP contribution in [-0.2, 0) is 6.54 Å². The molecule has 6 nitrogen and oxygen atoms in total. The van der Waals surface area contributed by atoms with E-state index >= 15 is 0 Å². The zero-order chi connectivity index (χ0) is 14.8. The van der Waals surface area contributed by atoms with Gasteiger partial charge in [-0.15, -0.1) is 0 Å². The van der Waals surface area contributed by atoms with Gasteiger partial charge in [-0.05, 0) is 31.2 Å². The van der Waals surface area contributed by atoms with Gasteiger partial charge in [-0.2, -0.15) is 5.10 Å². The van der Waals surface area contributed by atoms with Crippen LogP contribution in [0.2, 0.25) is 0 Å². The largest absolute Gasteiger partial charge is 0.497 e. The lowest BCUT2D eigenvalue weighted by Crippen LogP contribution is -2.44. The van der Waals surface area contributed by atoms with Gasteiger partial charge >= 0.3 is 0 Å². The number of β-amino-alcohol motifs (C(OH)–C–C–N with tert-alkyl or cyclic N) is 1. The molecule has 6 heteroatoms. The minimum absolute atomic E-state index is 0.000134. The molecular formula is C15H21N3O3. The Labute approximate surface area is 123 Å². The first-order chi connectivity index (χ1) is 10.2. The van der Waals surface area contributed by atoms with Crippen LogP contribution in [0.15, 0.2) is 18.2 Å². The molecule has 114 valence electrons. The number of aromatic nitrogens is 2. The van der Waals surface area contributed by atoms with E-state index in [4.69, 9.17) is 4.74 Å². The van der Waals surface area contributed by atoms with Crippen molar-refractivity contribution in [1.82, 2.24) is 15.1 Å². The van der Waals surface area contributed by atoms with Crippen LogP contribution in [0.25, 0.3) is 10.9 Å². The van der Waals surface area contributed by atoms with E-state index in [0.29, 0.717) is 13.1 Å². The normalized spacial score (nSPS) is 23.6. The number of aliphatic hydroxyl groups is 2. The molecule has 1 aromatic carbocycles. The standard InChI is InChI=1S/C15H21N3O3/c1-21-11-2-3-13-12(6-11)14(17-16-13)7-18-5-4-10(9-19)15(20)8-18/h2-3,6,10,15,19-20H,4-5,7-9H2,1H3,(H,16,17)/t10-,15-/m0/s1. The highest BCUT2D eigenvalue weighted by molar-refractivity contribution is 5.82. The Morgan fingerprint density at radius 3 is 3.05 bits per heavy atom. The van der Waals surface area contributed by atoms with E-state index in [2.05, 4.69) is 15.1 Å². The number of hydrogen-bond acceptors (Lipinski definition) is 5. The molecule has 21 heavy (non-hydrogen) atoms. The first-order valence-corrected chi connectivity index (χ1v) is 7.23. The van der Waals surface area contributed by atoms with Crippen LogP contribution in [0.3, 0.4) is 0 Å². The summed E-state index contributed by atoms with van der Waals surface area (Å²) in [5.74, 6) is 0.809. The summed E-state index contributed by atoms with van der Waals surface area (Å²) >= 11 is 0. The average Bonchev–Trinajstić information content (AvgIpc) is 2.90. The average molecular weight is 291 g/mol. The highest BCUT2D eigenvalue weighted by Gasteiger charge is 2.27. The first-order valence-electron chi connectivity index (χ1n) is 7.23. The number of nitrogens with zero attached hydrogens (tertiary/aromatic N) is 2. The lowest BCUT2D eigenvalue weighted by atomic mass is 9.94. The van der Waals surface area contributed by atoms with E-state index in [1.54, 1.807) is 7.11 Å². The maximum atomic E-state index is 10.0. The van der Waals surface area contributed by atoms with Crippen molar-refractivity contribution in [3.8, 4) is 5.75 Å². The molecule has 1 fully saturated rings. The molecule has 1 aliphatic heterocycles. The van der Waals surface area contributed by atoms with Crippen LogP contribution in [-0.4, -0.2) is 58.2 Å². The maximum absolute atomic E-state index is 10.0. The summed E-state index contributed by atoms with van der Waals surface area (Å²) < 4.78 is 5.26. The topological polar surface area (TPSA) is 81.6 Å². The van der Waals surface area contributed by atoms with E-state index in [0.717, 1.165) is 35.3 Å². The fourth-order valence-electron chi connectivity index (χ4n) is 2.92. The number of likely N-dealkylation sites (tertiary alicyclic amines) is 1. The predicted molar refractivity (Wildman–Crippen MR) is 79.1 cm³/mol. The second-order valence-electron chi connectivity index (χ2n) is 5.62. The number of fused-ring (bicyclic) bond motifs is 1. The number of H-pyrrole nitrogens is 1. The molecule has 0 saturated carbocycles. The summed E-state index contributed by atoms with van der Waals surface area (Å²) in [6.07, 6.45) is 0.347. The molecule has 0 spiro atoms. The second kappa shape index (κ2) is 6.01. The highest BCUT2D eigenvalue weighted by Crippen LogP contribution is 2.24. The Balaban J connectivity index is 1.76.